The number of carbonyl (C=O) groups excluding carboxylic acids is 1. The second-order valence-corrected chi connectivity index (χ2v) is 6.52. The summed E-state index contributed by atoms with van der Waals surface area (Å²) in [5.74, 6) is -0.285. The maximum Gasteiger partial charge on any atom is 0.306 e. The molecule has 2 atom stereocenters. The zero-order valence-corrected chi connectivity index (χ0v) is 14.7. The first kappa shape index (κ1) is 18.0. The molecule has 6 nitrogen and oxygen atoms in total. The number of esters is 1. The van der Waals surface area contributed by atoms with Gasteiger partial charge in [-0.05, 0) is 38.9 Å². The molecule has 1 aliphatic rings. The molecule has 1 aromatic heterocycles. The Labute approximate surface area is 140 Å². The van der Waals surface area contributed by atoms with Gasteiger partial charge in [0.1, 0.15) is 6.10 Å². The normalized spacial score (nSPS) is 21.2. The van der Waals surface area contributed by atoms with Gasteiger partial charge in [0.25, 0.3) is 5.56 Å². The van der Waals surface area contributed by atoms with Crippen molar-refractivity contribution in [3.8, 4) is 0 Å². The van der Waals surface area contributed by atoms with Crippen molar-refractivity contribution >= 4 is 17.7 Å². The van der Waals surface area contributed by atoms with Gasteiger partial charge in [-0.1, -0.05) is 18.2 Å². The summed E-state index contributed by atoms with van der Waals surface area (Å²) in [5.41, 5.74) is 1.03. The number of aromatic nitrogens is 2. The molecule has 1 heterocycles. The Morgan fingerprint density at radius 3 is 2.65 bits per heavy atom. The van der Waals surface area contributed by atoms with Crippen LogP contribution in [0.1, 0.15) is 43.4 Å². The summed E-state index contributed by atoms with van der Waals surface area (Å²) in [4.78, 5) is 31.1. The Hall–Kier alpha value is -1.34. The quantitative estimate of drug-likeness (QED) is 0.486. The van der Waals surface area contributed by atoms with E-state index in [1.54, 1.807) is 14.0 Å². The number of aromatic amines is 1. The van der Waals surface area contributed by atoms with Gasteiger partial charge in [-0.2, -0.15) is 0 Å². The second-order valence-electron chi connectivity index (χ2n) is 5.73. The average molecular weight is 340 g/mol. The van der Waals surface area contributed by atoms with E-state index in [0.29, 0.717) is 22.8 Å². The first-order valence-electron chi connectivity index (χ1n) is 7.91. The zero-order chi connectivity index (χ0) is 16.8. The van der Waals surface area contributed by atoms with E-state index >= 15 is 0 Å². The van der Waals surface area contributed by atoms with Gasteiger partial charge < -0.3 is 14.5 Å². The lowest BCUT2D eigenvalue weighted by molar-refractivity contribution is -0.159. The van der Waals surface area contributed by atoms with Gasteiger partial charge in [0, 0.05) is 24.8 Å². The molecule has 0 amide bonds. The number of aryl methyl sites for hydroxylation is 1. The fraction of sp³-hybridized carbons (Fsp3) is 0.688. The molecule has 0 spiro atoms. The minimum absolute atomic E-state index is 0.0135. The number of thioether (sulfide) groups is 1. The molecule has 1 aromatic rings. The summed E-state index contributed by atoms with van der Waals surface area (Å²) in [6, 6.07) is 0. The standard InChI is InChI=1S/C16H24N2O4S/c1-10-11(15(20)18-16(17-10)23-3)8-9-14(19)22-13-7-5-4-6-12(13)21-2/h12-13H,4-9H2,1-3H3,(H,17,18,20)/t12-,13+/m0/s1. The van der Waals surface area contributed by atoms with Crippen molar-refractivity contribution < 1.29 is 14.3 Å². The number of nitrogens with zero attached hydrogens (tertiary/aromatic N) is 1. The second kappa shape index (κ2) is 8.49. The van der Waals surface area contributed by atoms with Crippen LogP contribution in [-0.4, -0.2) is 41.5 Å². The number of hydrogen-bond acceptors (Lipinski definition) is 6. The molecule has 7 heteroatoms. The van der Waals surface area contributed by atoms with Gasteiger partial charge in [0.2, 0.25) is 0 Å². The van der Waals surface area contributed by atoms with Crippen molar-refractivity contribution in [3.05, 3.63) is 21.6 Å². The van der Waals surface area contributed by atoms with Gasteiger partial charge in [-0.25, -0.2) is 4.98 Å². The molecular formula is C16H24N2O4S. The number of ether oxygens (including phenoxy) is 2. The van der Waals surface area contributed by atoms with Crippen molar-refractivity contribution in [1.29, 1.82) is 0 Å². The molecule has 1 fully saturated rings. The molecule has 0 saturated heterocycles. The van der Waals surface area contributed by atoms with E-state index in [-0.39, 0.29) is 30.2 Å². The van der Waals surface area contributed by atoms with Crippen molar-refractivity contribution in [2.75, 3.05) is 13.4 Å². The molecule has 1 saturated carbocycles. The van der Waals surface area contributed by atoms with E-state index in [0.717, 1.165) is 25.7 Å². The Bertz CT molecular complexity index is 602. The van der Waals surface area contributed by atoms with Crippen LogP contribution in [0, 0.1) is 6.92 Å². The van der Waals surface area contributed by atoms with Crippen molar-refractivity contribution in [2.45, 2.75) is 62.8 Å². The van der Waals surface area contributed by atoms with Gasteiger partial charge >= 0.3 is 5.97 Å². The van der Waals surface area contributed by atoms with Crippen LogP contribution < -0.4 is 5.56 Å². The number of carbonyl (C=O) groups is 1. The molecule has 0 aliphatic heterocycles. The minimum Gasteiger partial charge on any atom is -0.460 e. The molecular weight excluding hydrogens is 316 g/mol. The summed E-state index contributed by atoms with van der Waals surface area (Å²) in [7, 11) is 1.65. The zero-order valence-electron chi connectivity index (χ0n) is 13.9. The topological polar surface area (TPSA) is 81.3 Å². The van der Waals surface area contributed by atoms with E-state index in [4.69, 9.17) is 9.47 Å². The summed E-state index contributed by atoms with van der Waals surface area (Å²) >= 11 is 1.38. The van der Waals surface area contributed by atoms with Gasteiger partial charge in [-0.15, -0.1) is 0 Å². The van der Waals surface area contributed by atoms with Crippen LogP contribution in [0.5, 0.6) is 0 Å². The van der Waals surface area contributed by atoms with E-state index in [9.17, 15) is 9.59 Å². The fourth-order valence-corrected chi connectivity index (χ4v) is 3.32. The van der Waals surface area contributed by atoms with E-state index < -0.39 is 0 Å². The molecule has 1 aliphatic carbocycles. The first-order chi connectivity index (χ1) is 11.0. The Balaban J connectivity index is 1.93. The van der Waals surface area contributed by atoms with Crippen molar-refractivity contribution in [2.24, 2.45) is 0 Å². The average Bonchev–Trinajstić information content (AvgIpc) is 2.54. The highest BCUT2D eigenvalue weighted by molar-refractivity contribution is 7.98. The fourth-order valence-electron chi connectivity index (χ4n) is 2.90. The van der Waals surface area contributed by atoms with Crippen LogP contribution in [0.3, 0.4) is 0 Å². The molecule has 0 aromatic carbocycles. The number of nitrogens with one attached hydrogen (secondary N) is 1. The summed E-state index contributed by atoms with van der Waals surface area (Å²) < 4.78 is 10.9. The maximum absolute atomic E-state index is 12.1. The number of methoxy groups -OCH3 is 1. The third-order valence-corrected chi connectivity index (χ3v) is 4.78. The maximum atomic E-state index is 12.1. The highest BCUT2D eigenvalue weighted by atomic mass is 32.2. The van der Waals surface area contributed by atoms with Crippen LogP contribution >= 0.6 is 11.8 Å². The predicted molar refractivity (Wildman–Crippen MR) is 88.8 cm³/mol. The molecule has 1 N–H and O–H groups in total. The van der Waals surface area contributed by atoms with Crippen LogP contribution in [0.4, 0.5) is 0 Å². The number of H-pyrrole nitrogens is 1. The van der Waals surface area contributed by atoms with Gasteiger partial charge in [0.15, 0.2) is 5.16 Å². The SMILES string of the molecule is CO[C@H]1CCCC[C@H]1OC(=O)CCc1c(C)nc(SC)[nH]c1=O. The summed E-state index contributed by atoms with van der Waals surface area (Å²) in [6.07, 6.45) is 6.11. The van der Waals surface area contributed by atoms with Crippen molar-refractivity contribution in [3.63, 3.8) is 0 Å². The van der Waals surface area contributed by atoms with Crippen LogP contribution in [-0.2, 0) is 20.7 Å². The van der Waals surface area contributed by atoms with Crippen LogP contribution in [0.2, 0.25) is 0 Å². The molecule has 0 unspecified atom stereocenters. The molecule has 0 bridgehead atoms. The molecule has 128 valence electrons. The summed E-state index contributed by atoms with van der Waals surface area (Å²) in [6.45, 7) is 1.79. The van der Waals surface area contributed by atoms with E-state index in [2.05, 4.69) is 9.97 Å². The molecule has 0 radical (unpaired) electrons. The van der Waals surface area contributed by atoms with Crippen LogP contribution in [0.25, 0.3) is 0 Å². The Morgan fingerprint density at radius 2 is 2.04 bits per heavy atom. The lowest BCUT2D eigenvalue weighted by Gasteiger charge is -2.29. The third kappa shape index (κ3) is 4.81. The molecule has 2 rings (SSSR count). The first-order valence-corrected chi connectivity index (χ1v) is 9.13. The van der Waals surface area contributed by atoms with E-state index in [1.165, 1.54) is 11.8 Å². The lowest BCUT2D eigenvalue weighted by Crippen LogP contribution is -2.35. The third-order valence-electron chi connectivity index (χ3n) is 4.20. The van der Waals surface area contributed by atoms with Gasteiger partial charge in [-0.3, -0.25) is 9.59 Å². The smallest absolute Gasteiger partial charge is 0.306 e. The number of rotatable bonds is 6. The lowest BCUT2D eigenvalue weighted by atomic mass is 9.94. The minimum atomic E-state index is -0.285. The monoisotopic (exact) mass is 340 g/mol. The largest absolute Gasteiger partial charge is 0.460 e. The van der Waals surface area contributed by atoms with Crippen molar-refractivity contribution in [1.82, 2.24) is 9.97 Å². The number of hydrogen-bond donors (Lipinski definition) is 1. The molecule has 23 heavy (non-hydrogen) atoms. The predicted octanol–water partition coefficient (Wildman–Crippen LogP) is 2.23. The highest BCUT2D eigenvalue weighted by Gasteiger charge is 2.28. The summed E-state index contributed by atoms with van der Waals surface area (Å²) in [5, 5.41) is 0.587. The van der Waals surface area contributed by atoms with E-state index in [1.807, 2.05) is 6.26 Å². The van der Waals surface area contributed by atoms with Gasteiger partial charge in [0.05, 0.1) is 6.10 Å². The Morgan fingerprint density at radius 1 is 1.35 bits per heavy atom. The highest BCUT2D eigenvalue weighted by Crippen LogP contribution is 2.24. The Kier molecular flexibility index (Phi) is 6.65. The van der Waals surface area contributed by atoms with Crippen LogP contribution in [0.15, 0.2) is 9.95 Å².